The molecule has 1 heterocycles. The molecule has 4 aromatic rings. The first kappa shape index (κ1) is 16.8. The minimum absolute atomic E-state index is 0.167. The van der Waals surface area contributed by atoms with Gasteiger partial charge in [0.25, 0.3) is 5.56 Å². The molecule has 0 N–H and O–H groups in total. The van der Waals surface area contributed by atoms with Gasteiger partial charge < -0.3 is 0 Å². The quantitative estimate of drug-likeness (QED) is 0.511. The average Bonchev–Trinajstić information content (AvgIpc) is 2.68. The van der Waals surface area contributed by atoms with Gasteiger partial charge in [-0.05, 0) is 36.8 Å². The summed E-state index contributed by atoms with van der Waals surface area (Å²) >= 11 is 0. The van der Waals surface area contributed by atoms with Gasteiger partial charge in [0.15, 0.2) is 5.82 Å². The first-order chi connectivity index (χ1) is 13.1. The van der Waals surface area contributed by atoms with Crippen molar-refractivity contribution in [1.82, 2.24) is 9.66 Å². The Bertz CT molecular complexity index is 1230. The summed E-state index contributed by atoms with van der Waals surface area (Å²) in [7, 11) is 0. The maximum Gasteiger partial charge on any atom is 0.282 e. The highest BCUT2D eigenvalue weighted by Crippen LogP contribution is 2.21. The molecule has 0 saturated carbocycles. The normalized spacial score (nSPS) is 11.3. The van der Waals surface area contributed by atoms with Crippen molar-refractivity contribution in [2.75, 3.05) is 0 Å². The van der Waals surface area contributed by atoms with Gasteiger partial charge in [0.2, 0.25) is 0 Å². The molecule has 5 heteroatoms. The van der Waals surface area contributed by atoms with E-state index in [9.17, 15) is 9.18 Å². The summed E-state index contributed by atoms with van der Waals surface area (Å²) in [5, 5.41) is 4.76. The molecule has 0 fully saturated rings. The summed E-state index contributed by atoms with van der Waals surface area (Å²) in [6.45, 7) is 1.98. The molecule has 27 heavy (non-hydrogen) atoms. The molecule has 1 aromatic heterocycles. The molecule has 0 unspecified atom stereocenters. The summed E-state index contributed by atoms with van der Waals surface area (Å²) < 4.78 is 15.6. The number of nitrogens with zero attached hydrogens (tertiary/aromatic N) is 3. The van der Waals surface area contributed by atoms with Gasteiger partial charge in [-0.25, -0.2) is 9.37 Å². The zero-order valence-corrected chi connectivity index (χ0v) is 14.6. The van der Waals surface area contributed by atoms with E-state index in [4.69, 9.17) is 0 Å². The SMILES string of the molecule is Cc1cccc(C=Nn2c(-c3ccccc3F)nc3ccccc3c2=O)c1. The standard InChI is InChI=1S/C22H16FN3O/c1-15-7-6-8-16(13-15)14-24-26-21(17-9-2-4-11-19(17)23)25-20-12-5-3-10-18(20)22(26)27/h2-14H,1H3. The van der Waals surface area contributed by atoms with Crippen molar-refractivity contribution in [2.24, 2.45) is 5.10 Å². The van der Waals surface area contributed by atoms with Crippen molar-refractivity contribution in [2.45, 2.75) is 6.92 Å². The van der Waals surface area contributed by atoms with E-state index in [0.717, 1.165) is 15.8 Å². The first-order valence-electron chi connectivity index (χ1n) is 8.51. The Balaban J connectivity index is 1.97. The Morgan fingerprint density at radius 1 is 1.00 bits per heavy atom. The highest BCUT2D eigenvalue weighted by Gasteiger charge is 2.15. The molecule has 0 spiro atoms. The summed E-state index contributed by atoms with van der Waals surface area (Å²) in [5.41, 5.74) is 2.30. The lowest BCUT2D eigenvalue weighted by Crippen LogP contribution is -2.20. The third kappa shape index (κ3) is 3.27. The Labute approximate surface area is 155 Å². The van der Waals surface area contributed by atoms with Crippen LogP contribution in [-0.4, -0.2) is 15.9 Å². The van der Waals surface area contributed by atoms with E-state index >= 15 is 0 Å². The number of para-hydroxylation sites is 1. The fourth-order valence-corrected chi connectivity index (χ4v) is 2.92. The van der Waals surface area contributed by atoms with Gasteiger partial charge in [0.05, 0.1) is 22.7 Å². The second-order valence-corrected chi connectivity index (χ2v) is 6.21. The van der Waals surface area contributed by atoms with E-state index in [-0.39, 0.29) is 16.9 Å². The summed E-state index contributed by atoms with van der Waals surface area (Å²) in [6, 6.07) is 20.9. The minimum Gasteiger partial charge on any atom is -0.267 e. The van der Waals surface area contributed by atoms with Crippen molar-refractivity contribution in [3.05, 3.63) is 100 Å². The lowest BCUT2D eigenvalue weighted by Gasteiger charge is -2.10. The van der Waals surface area contributed by atoms with Crippen molar-refractivity contribution < 1.29 is 4.39 Å². The van der Waals surface area contributed by atoms with Crippen LogP contribution < -0.4 is 5.56 Å². The van der Waals surface area contributed by atoms with Gasteiger partial charge in [0, 0.05) is 0 Å². The van der Waals surface area contributed by atoms with Crippen LogP contribution in [0.4, 0.5) is 4.39 Å². The van der Waals surface area contributed by atoms with Gasteiger partial charge in [-0.2, -0.15) is 9.78 Å². The largest absolute Gasteiger partial charge is 0.282 e. The van der Waals surface area contributed by atoms with Crippen LogP contribution in [0.2, 0.25) is 0 Å². The third-order valence-corrected chi connectivity index (χ3v) is 4.23. The molecule has 4 rings (SSSR count). The third-order valence-electron chi connectivity index (χ3n) is 4.23. The molecule has 3 aromatic carbocycles. The Morgan fingerprint density at radius 3 is 2.59 bits per heavy atom. The van der Waals surface area contributed by atoms with Crippen molar-refractivity contribution in [3.8, 4) is 11.4 Å². The van der Waals surface area contributed by atoms with E-state index in [0.29, 0.717) is 10.9 Å². The van der Waals surface area contributed by atoms with Crippen LogP contribution in [0.3, 0.4) is 0 Å². The smallest absolute Gasteiger partial charge is 0.267 e. The number of aromatic nitrogens is 2. The predicted molar refractivity (Wildman–Crippen MR) is 106 cm³/mol. The van der Waals surface area contributed by atoms with Crippen molar-refractivity contribution in [3.63, 3.8) is 0 Å². The molecule has 132 valence electrons. The zero-order chi connectivity index (χ0) is 18.8. The molecule has 0 aliphatic rings. The molecule has 0 saturated heterocycles. The molecule has 0 aliphatic heterocycles. The molecule has 0 radical (unpaired) electrons. The maximum atomic E-state index is 14.4. The molecular weight excluding hydrogens is 341 g/mol. The Hall–Kier alpha value is -3.60. The fraction of sp³-hybridized carbons (Fsp3) is 0.0455. The Kier molecular flexibility index (Phi) is 4.34. The van der Waals surface area contributed by atoms with Gasteiger partial charge >= 0.3 is 0 Å². The van der Waals surface area contributed by atoms with Crippen LogP contribution in [0.5, 0.6) is 0 Å². The van der Waals surface area contributed by atoms with Crippen LogP contribution in [0.1, 0.15) is 11.1 Å². The Morgan fingerprint density at radius 2 is 1.78 bits per heavy atom. The van der Waals surface area contributed by atoms with E-state index in [1.54, 1.807) is 48.7 Å². The van der Waals surface area contributed by atoms with Crippen LogP contribution in [0, 0.1) is 12.7 Å². The van der Waals surface area contributed by atoms with E-state index in [2.05, 4.69) is 10.1 Å². The number of rotatable bonds is 3. The topological polar surface area (TPSA) is 47.2 Å². The molecule has 0 aliphatic carbocycles. The molecule has 0 amide bonds. The molecule has 4 nitrogen and oxygen atoms in total. The lowest BCUT2D eigenvalue weighted by molar-refractivity contribution is 0.627. The monoisotopic (exact) mass is 357 g/mol. The highest BCUT2D eigenvalue weighted by atomic mass is 19.1. The summed E-state index contributed by atoms with van der Waals surface area (Å²) in [4.78, 5) is 17.5. The second kappa shape index (κ2) is 6.96. The van der Waals surface area contributed by atoms with Crippen molar-refractivity contribution >= 4 is 17.1 Å². The van der Waals surface area contributed by atoms with Gasteiger partial charge in [-0.15, -0.1) is 0 Å². The average molecular weight is 357 g/mol. The maximum absolute atomic E-state index is 14.4. The number of benzene rings is 3. The molecule has 0 atom stereocenters. The van der Waals surface area contributed by atoms with Crippen LogP contribution in [0.15, 0.2) is 82.7 Å². The van der Waals surface area contributed by atoms with E-state index in [1.807, 2.05) is 31.2 Å². The van der Waals surface area contributed by atoms with Crippen LogP contribution in [0.25, 0.3) is 22.3 Å². The predicted octanol–water partition coefficient (Wildman–Crippen LogP) is 4.39. The lowest BCUT2D eigenvalue weighted by atomic mass is 10.1. The fourth-order valence-electron chi connectivity index (χ4n) is 2.92. The van der Waals surface area contributed by atoms with Crippen LogP contribution >= 0.6 is 0 Å². The number of aryl methyl sites for hydroxylation is 1. The van der Waals surface area contributed by atoms with E-state index in [1.165, 1.54) is 6.07 Å². The van der Waals surface area contributed by atoms with Crippen molar-refractivity contribution in [1.29, 1.82) is 0 Å². The number of halogens is 1. The number of hydrogen-bond donors (Lipinski definition) is 0. The number of hydrogen-bond acceptors (Lipinski definition) is 3. The summed E-state index contributed by atoms with van der Waals surface area (Å²) in [6.07, 6.45) is 1.58. The number of fused-ring (bicyclic) bond motifs is 1. The van der Waals surface area contributed by atoms with E-state index < -0.39 is 5.82 Å². The highest BCUT2D eigenvalue weighted by molar-refractivity contribution is 5.82. The summed E-state index contributed by atoms with van der Waals surface area (Å²) in [5.74, 6) is -0.292. The zero-order valence-electron chi connectivity index (χ0n) is 14.6. The first-order valence-corrected chi connectivity index (χ1v) is 8.51. The van der Waals surface area contributed by atoms with Gasteiger partial charge in [-0.1, -0.05) is 54.1 Å². The second-order valence-electron chi connectivity index (χ2n) is 6.21. The van der Waals surface area contributed by atoms with Gasteiger partial charge in [0.1, 0.15) is 5.82 Å². The van der Waals surface area contributed by atoms with Gasteiger partial charge in [-0.3, -0.25) is 4.79 Å². The minimum atomic E-state index is -0.459. The van der Waals surface area contributed by atoms with Crippen LogP contribution in [-0.2, 0) is 0 Å². The molecular formula is C22H16FN3O. The molecule has 0 bridgehead atoms.